The number of hydrogen-bond donors (Lipinski definition) is 4. The molecule has 0 unspecified atom stereocenters. The van der Waals surface area contributed by atoms with Gasteiger partial charge in [0, 0.05) is 176 Å². The Labute approximate surface area is 668 Å². The molecule has 4 amide bonds. The summed E-state index contributed by atoms with van der Waals surface area (Å²) < 4.78 is 55.9. The quantitative estimate of drug-likeness (QED) is 0.0706. The number of nitrogens with one attached hydrogen (secondary N) is 1. The minimum absolute atomic E-state index is 0. The number of hydrogen-bond acceptors (Lipinski definition) is 24. The fourth-order valence-corrected chi connectivity index (χ4v) is 9.67. The van der Waals surface area contributed by atoms with Crippen LogP contribution in [0.1, 0.15) is 172 Å². The van der Waals surface area contributed by atoms with Crippen LogP contribution in [0.2, 0.25) is 0 Å². The number of carbonyl (C=O) groups excluding carboxylic acids is 5. The maximum Gasteiger partial charge on any atom is 0.411 e. The SMILES string of the molecule is C.C.C.COC(=O)[C@@H]1C[C@H](OS(C)(=O)=O)CN1C(=O)OC(C)(C)C.Cc1[c-]n([C@@H]2C[C@@H](C(=O)O)N(C(=O)OC(C)(C)C)C2)nn1.Cc1[c-]nn([C@@H]2C[C@@H](C(=O)O)N(C(=O)OC(C)(C)C)C2)n1.Cc1[c-]nn[nH]1.Cc1[c-]nnn1[C@@H]1C[C@@H](C(=O)O)N(C(=O)OC(C)(C)C)C1.[Y].[Y].[Y].[Y]. The monoisotopic (exact) mass is 1690 g/mol. The van der Waals surface area contributed by atoms with Crippen LogP contribution in [-0.4, -0.2) is 244 Å². The molecular weight excluding hydrogens is 1600 g/mol. The van der Waals surface area contributed by atoms with Gasteiger partial charge < -0.3 is 88.9 Å². The molecule has 0 aliphatic carbocycles. The molecule has 4 aromatic rings. The fraction of sp³-hybridized carbons (Fsp3) is 0.719. The van der Waals surface area contributed by atoms with Crippen molar-refractivity contribution >= 4 is 58.4 Å². The zero-order valence-electron chi connectivity index (χ0n) is 56.1. The van der Waals surface area contributed by atoms with E-state index in [0.717, 1.165) is 16.8 Å². The topological polar surface area (TPSA) is 433 Å². The van der Waals surface area contributed by atoms with E-state index in [-0.39, 0.29) is 223 Å². The maximum absolute atomic E-state index is 12.2. The van der Waals surface area contributed by atoms with E-state index < -0.39 is 111 Å². The van der Waals surface area contributed by atoms with Gasteiger partial charge in [-0.05, 0) is 89.5 Å². The summed E-state index contributed by atoms with van der Waals surface area (Å²) in [7, 11) is -2.48. The zero-order chi connectivity index (χ0) is 68.2. The summed E-state index contributed by atoms with van der Waals surface area (Å²) in [4.78, 5) is 101. The van der Waals surface area contributed by atoms with Crippen LogP contribution in [-0.2, 0) is 188 Å². The Hall–Kier alpha value is -4.15. The van der Waals surface area contributed by atoms with Crippen LogP contribution in [0.4, 0.5) is 19.2 Å². The van der Waals surface area contributed by atoms with Gasteiger partial charge in [-0.1, -0.05) is 50.0 Å². The standard InChI is InChI=1S/3C13H19N4O4.C12H21NO7S.C3H4N3.3CH4.4Y/c1-8-6-17(15-14-8)9-5-10(11(18)19)16(7-9)12(20)21-13(2,3)4;1-8-6-14-15-17(8)9-5-10(11(18)19)16(7-9)12(20)21-13(2,3)4;1-8-6-14-17(15-8)9-5-10(11(18)19)16(7-9)12(20)21-13(2,3)4;1-12(2,3)19-11(15)13-7-8(20-21(5,16)17)6-9(13)10(14)18-4;1-3-2-4-6-5-3;;;;;;;/h3*9-10H,5,7H2,1-4H3,(H,18,19);8-9H,6-7H2,1-5H3;1H3,(H,4,5,6);3*1H4;;;;/q3*-1;;-1;;;;;;;/t3*9-,10+;8-,9-;;;;;;;;/m1110......../s1. The predicted octanol–water partition coefficient (Wildman–Crippen LogP) is 5.39. The van der Waals surface area contributed by atoms with Gasteiger partial charge in [-0.25, -0.2) is 43.2 Å². The van der Waals surface area contributed by atoms with E-state index in [2.05, 4.69) is 75.8 Å². The van der Waals surface area contributed by atoms with Gasteiger partial charge in [0.1, 0.15) is 46.6 Å². The molecule has 0 bridgehead atoms. The Morgan fingerprint density at radius 1 is 0.536 bits per heavy atom. The Morgan fingerprint density at radius 3 is 1.25 bits per heavy atom. The maximum atomic E-state index is 12.2. The summed E-state index contributed by atoms with van der Waals surface area (Å²) in [5.41, 5.74) is 0.0732. The molecule has 4 aliphatic heterocycles. The summed E-state index contributed by atoms with van der Waals surface area (Å²) >= 11 is 0. The predicted molar refractivity (Wildman–Crippen MR) is 328 cm³/mol. The van der Waals surface area contributed by atoms with Gasteiger partial charge in [-0.2, -0.15) is 18.6 Å². The van der Waals surface area contributed by atoms with Crippen molar-refractivity contribution < 1.29 is 221 Å². The number of aromatic amines is 1. The van der Waals surface area contributed by atoms with Crippen LogP contribution < -0.4 is 0 Å². The number of aliphatic carboxylic acids is 3. The summed E-state index contributed by atoms with van der Waals surface area (Å²) in [5.74, 6) is -3.80. The van der Waals surface area contributed by atoms with Crippen molar-refractivity contribution in [3.8, 4) is 0 Å². The molecule has 97 heavy (non-hydrogen) atoms. The number of nitrogens with zero attached hydrogens (tertiary/aromatic N) is 15. The summed E-state index contributed by atoms with van der Waals surface area (Å²) in [6.45, 7) is 28.4. The van der Waals surface area contributed by atoms with Gasteiger partial charge in [-0.3, -0.25) is 28.5 Å². The van der Waals surface area contributed by atoms with E-state index in [4.69, 9.17) is 23.1 Å². The minimum Gasteiger partial charge on any atom is -0.480 e. The molecule has 4 aliphatic rings. The van der Waals surface area contributed by atoms with Crippen LogP contribution in [0, 0.1) is 52.5 Å². The number of carboxylic acids is 3. The van der Waals surface area contributed by atoms with E-state index in [1.807, 2.05) is 6.92 Å². The van der Waals surface area contributed by atoms with Gasteiger partial charge in [-0.15, -0.1) is 38.4 Å². The van der Waals surface area contributed by atoms with Crippen molar-refractivity contribution in [2.24, 2.45) is 0 Å². The third-order valence-corrected chi connectivity index (χ3v) is 13.2. The van der Waals surface area contributed by atoms with Crippen molar-refractivity contribution in [1.29, 1.82) is 0 Å². The number of rotatable bonds is 9. The molecule has 35 nitrogen and oxygen atoms in total. The van der Waals surface area contributed by atoms with E-state index in [0.29, 0.717) is 17.1 Å². The van der Waals surface area contributed by atoms with Crippen LogP contribution in [0.5, 0.6) is 0 Å². The van der Waals surface area contributed by atoms with Crippen LogP contribution in [0.3, 0.4) is 0 Å². The van der Waals surface area contributed by atoms with Gasteiger partial charge >= 0.3 is 48.3 Å². The third kappa shape index (κ3) is 33.0. The van der Waals surface area contributed by atoms with Crippen LogP contribution >= 0.6 is 0 Å². The molecule has 8 atom stereocenters. The molecule has 538 valence electrons. The first-order chi connectivity index (χ1) is 41.3. The number of carbonyl (C=O) groups is 8. The average molecular weight is 1700 g/mol. The summed E-state index contributed by atoms with van der Waals surface area (Å²) in [6.07, 6.45) is 9.21. The van der Waals surface area contributed by atoms with E-state index in [9.17, 15) is 62.1 Å². The van der Waals surface area contributed by atoms with Gasteiger partial charge in [0.25, 0.3) is 10.1 Å². The number of aryl methyl sites for hydroxylation is 4. The number of aromatic nitrogens is 12. The summed E-state index contributed by atoms with van der Waals surface area (Å²) in [6, 6.07) is -4.50. The fourth-order valence-electron chi connectivity index (χ4n) is 9.04. The van der Waals surface area contributed by atoms with Gasteiger partial charge in [0.05, 0.1) is 38.1 Å². The number of esters is 1. The third-order valence-electron chi connectivity index (χ3n) is 12.6. The molecule has 0 saturated carbocycles. The molecule has 40 heteroatoms. The van der Waals surface area contributed by atoms with Crippen LogP contribution in [0.15, 0.2) is 0 Å². The van der Waals surface area contributed by atoms with Crippen molar-refractivity contribution in [3.05, 3.63) is 47.6 Å². The Kier molecular flexibility index (Phi) is 43.3. The zero-order valence-corrected chi connectivity index (χ0v) is 68.2. The van der Waals surface area contributed by atoms with Crippen molar-refractivity contribution in [3.63, 3.8) is 0 Å². The van der Waals surface area contributed by atoms with Crippen molar-refractivity contribution in [2.75, 3.05) is 39.5 Å². The molecule has 4 saturated heterocycles. The number of amides is 4. The van der Waals surface area contributed by atoms with E-state index in [1.165, 1.54) is 31.3 Å². The largest absolute Gasteiger partial charge is 0.480 e. The minimum atomic E-state index is -3.68. The first kappa shape index (κ1) is 99.2. The Bertz CT molecular complexity index is 3140. The first-order valence-electron chi connectivity index (χ1n) is 28.2. The molecule has 4 aromatic heterocycles. The molecular formula is C57H94N16O19SY4-4. The van der Waals surface area contributed by atoms with Crippen molar-refractivity contribution in [1.82, 2.24) is 80.0 Å². The number of carboxylic acid groups (broad SMARTS) is 3. The van der Waals surface area contributed by atoms with Crippen LogP contribution in [0.25, 0.3) is 0 Å². The second-order valence-corrected chi connectivity index (χ2v) is 26.8. The van der Waals surface area contributed by atoms with E-state index in [1.54, 1.807) is 109 Å². The number of likely N-dealkylation sites (tertiary alicyclic amines) is 4. The molecule has 4 N–H and O–H groups in total. The molecule has 8 heterocycles. The van der Waals surface area contributed by atoms with Gasteiger partial charge in [0.2, 0.25) is 0 Å². The van der Waals surface area contributed by atoms with Gasteiger partial charge in [0.15, 0.2) is 0 Å². The Morgan fingerprint density at radius 2 is 0.938 bits per heavy atom. The second kappa shape index (κ2) is 42.3. The number of ether oxygens (including phenoxy) is 5. The smallest absolute Gasteiger partial charge is 0.411 e. The first-order valence-corrected chi connectivity index (χ1v) is 30.0. The van der Waals surface area contributed by atoms with E-state index >= 15 is 0 Å². The molecule has 0 aromatic carbocycles. The number of H-pyrrole nitrogens is 1. The molecule has 4 radical (unpaired) electrons. The molecule has 4 fully saturated rings. The molecule has 8 rings (SSSR count). The Balaban J connectivity index is -0.000000563. The summed E-state index contributed by atoms with van der Waals surface area (Å²) in [5, 5.41) is 60.7. The second-order valence-electron chi connectivity index (χ2n) is 25.2. The normalized spacial score (nSPS) is 20.1. The number of methoxy groups -OCH3 is 1. The average Bonchev–Trinajstić information content (AvgIpc) is 1.69. The molecule has 0 spiro atoms. The van der Waals surface area contributed by atoms with Crippen molar-refractivity contribution in [2.45, 2.75) is 230 Å².